The summed E-state index contributed by atoms with van der Waals surface area (Å²) in [5.74, 6) is 1.79. The number of hydrogen-bond acceptors (Lipinski definition) is 2. The molecule has 0 aliphatic carbocycles. The fourth-order valence-corrected chi connectivity index (χ4v) is 3.78. The number of fused-ring (bicyclic) bond motifs is 1. The maximum absolute atomic E-state index is 3.69. The van der Waals surface area contributed by atoms with Gasteiger partial charge in [-0.05, 0) is 41.7 Å². The van der Waals surface area contributed by atoms with E-state index in [1.54, 1.807) is 0 Å². The van der Waals surface area contributed by atoms with Gasteiger partial charge in [0.05, 0.1) is 6.04 Å². The molecule has 2 aromatic rings. The van der Waals surface area contributed by atoms with E-state index in [1.807, 2.05) is 11.8 Å². The van der Waals surface area contributed by atoms with Gasteiger partial charge in [-0.1, -0.05) is 44.2 Å². The molecule has 1 nitrogen and oxygen atoms in total. The van der Waals surface area contributed by atoms with Crippen LogP contribution < -0.4 is 5.32 Å². The van der Waals surface area contributed by atoms with E-state index in [4.69, 9.17) is 0 Å². The molecule has 1 aliphatic heterocycles. The van der Waals surface area contributed by atoms with Gasteiger partial charge < -0.3 is 5.32 Å². The molecule has 20 heavy (non-hydrogen) atoms. The van der Waals surface area contributed by atoms with Crippen LogP contribution in [0.2, 0.25) is 0 Å². The molecule has 0 aromatic heterocycles. The first-order chi connectivity index (χ1) is 9.74. The highest BCUT2D eigenvalue weighted by Crippen LogP contribution is 2.37. The van der Waals surface area contributed by atoms with Crippen LogP contribution in [0.1, 0.15) is 43.4 Å². The molecule has 1 N–H and O–H groups in total. The summed E-state index contributed by atoms with van der Waals surface area (Å²) in [5.41, 5.74) is 4.06. The summed E-state index contributed by atoms with van der Waals surface area (Å²) in [7, 11) is 0. The van der Waals surface area contributed by atoms with Gasteiger partial charge in [-0.15, -0.1) is 11.8 Å². The minimum atomic E-state index is 0.442. The second-order valence-corrected chi connectivity index (χ2v) is 6.79. The second-order valence-electron chi connectivity index (χ2n) is 5.65. The van der Waals surface area contributed by atoms with Gasteiger partial charge in [-0.3, -0.25) is 0 Å². The maximum Gasteiger partial charge on any atom is 0.0532 e. The predicted molar refractivity (Wildman–Crippen MR) is 88.7 cm³/mol. The molecule has 0 spiro atoms. The largest absolute Gasteiger partial charge is 0.378 e. The summed E-state index contributed by atoms with van der Waals surface area (Å²) in [6.45, 7) is 4.47. The molecule has 104 valence electrons. The van der Waals surface area contributed by atoms with Crippen molar-refractivity contribution in [1.82, 2.24) is 0 Å². The fourth-order valence-electron chi connectivity index (χ4n) is 2.66. The van der Waals surface area contributed by atoms with Crippen molar-refractivity contribution < 1.29 is 0 Å². The first-order valence-electron chi connectivity index (χ1n) is 7.32. The monoisotopic (exact) mass is 283 g/mol. The molecule has 1 unspecified atom stereocenters. The average molecular weight is 283 g/mol. The van der Waals surface area contributed by atoms with Crippen molar-refractivity contribution >= 4 is 17.4 Å². The van der Waals surface area contributed by atoms with E-state index >= 15 is 0 Å². The van der Waals surface area contributed by atoms with Crippen LogP contribution in [0.5, 0.6) is 0 Å². The zero-order valence-corrected chi connectivity index (χ0v) is 12.9. The van der Waals surface area contributed by atoms with E-state index in [0.29, 0.717) is 12.0 Å². The lowest BCUT2D eigenvalue weighted by molar-refractivity contribution is 0.728. The summed E-state index contributed by atoms with van der Waals surface area (Å²) in [6, 6.07) is 18.1. The quantitative estimate of drug-likeness (QED) is 0.803. The maximum atomic E-state index is 3.69. The van der Waals surface area contributed by atoms with Crippen LogP contribution in [0.15, 0.2) is 53.4 Å². The van der Waals surface area contributed by atoms with Gasteiger partial charge >= 0.3 is 0 Å². The number of benzene rings is 2. The summed E-state index contributed by atoms with van der Waals surface area (Å²) in [6.07, 6.45) is 1.19. The molecule has 1 atom stereocenters. The van der Waals surface area contributed by atoms with Gasteiger partial charge in [0.1, 0.15) is 0 Å². The van der Waals surface area contributed by atoms with Crippen molar-refractivity contribution in [3.63, 3.8) is 0 Å². The van der Waals surface area contributed by atoms with Crippen molar-refractivity contribution in [3.05, 3.63) is 59.7 Å². The van der Waals surface area contributed by atoms with Crippen molar-refractivity contribution in [2.75, 3.05) is 11.1 Å². The topological polar surface area (TPSA) is 12.0 Å². The standard InChI is InChI=1S/C18H21NS/c1-13(2)14-7-9-15(10-8-14)19-17-11-12-20-18-6-4-3-5-16(17)18/h3-10,13,17,19H,11-12H2,1-2H3. The zero-order valence-electron chi connectivity index (χ0n) is 12.1. The number of anilines is 1. The highest BCUT2D eigenvalue weighted by atomic mass is 32.2. The Balaban J connectivity index is 1.78. The average Bonchev–Trinajstić information content (AvgIpc) is 2.48. The van der Waals surface area contributed by atoms with Gasteiger partial charge in [-0.25, -0.2) is 0 Å². The van der Waals surface area contributed by atoms with Crippen molar-refractivity contribution in [2.45, 2.75) is 37.1 Å². The summed E-state index contributed by atoms with van der Waals surface area (Å²) >= 11 is 1.97. The van der Waals surface area contributed by atoms with Crippen LogP contribution >= 0.6 is 11.8 Å². The number of hydrogen-bond donors (Lipinski definition) is 1. The molecule has 1 aliphatic rings. The van der Waals surface area contributed by atoms with Gasteiger partial charge in [0.25, 0.3) is 0 Å². The van der Waals surface area contributed by atoms with E-state index in [-0.39, 0.29) is 0 Å². The lowest BCUT2D eigenvalue weighted by Gasteiger charge is -2.27. The normalized spacial score (nSPS) is 17.9. The molecule has 0 fully saturated rings. The SMILES string of the molecule is CC(C)c1ccc(NC2CCSc3ccccc32)cc1. The summed E-state index contributed by atoms with van der Waals surface area (Å²) in [4.78, 5) is 1.43. The fraction of sp³-hybridized carbons (Fsp3) is 0.333. The third-order valence-corrected chi connectivity index (χ3v) is 5.00. The van der Waals surface area contributed by atoms with Crippen LogP contribution in [0, 0.1) is 0 Å². The Bertz CT molecular complexity index is 574. The van der Waals surface area contributed by atoms with E-state index < -0.39 is 0 Å². The molecule has 1 heterocycles. The van der Waals surface area contributed by atoms with Crippen molar-refractivity contribution in [2.24, 2.45) is 0 Å². The molecular weight excluding hydrogens is 262 g/mol. The Labute approximate surface area is 125 Å². The number of rotatable bonds is 3. The zero-order chi connectivity index (χ0) is 13.9. The molecule has 2 aromatic carbocycles. The third kappa shape index (κ3) is 2.85. The molecule has 3 rings (SSSR count). The van der Waals surface area contributed by atoms with E-state index in [0.717, 1.165) is 0 Å². The van der Waals surface area contributed by atoms with Crippen LogP contribution in [0.3, 0.4) is 0 Å². The highest BCUT2D eigenvalue weighted by Gasteiger charge is 2.19. The summed E-state index contributed by atoms with van der Waals surface area (Å²) < 4.78 is 0. The first kappa shape index (κ1) is 13.6. The lowest BCUT2D eigenvalue weighted by Crippen LogP contribution is -2.15. The Morgan fingerprint density at radius 1 is 1.05 bits per heavy atom. The van der Waals surface area contributed by atoms with Crippen LogP contribution in [0.25, 0.3) is 0 Å². The Kier molecular flexibility index (Phi) is 4.02. The summed E-state index contributed by atoms with van der Waals surface area (Å²) in [5, 5.41) is 3.69. The Morgan fingerprint density at radius 2 is 1.80 bits per heavy atom. The van der Waals surface area contributed by atoms with Crippen LogP contribution in [0.4, 0.5) is 5.69 Å². The van der Waals surface area contributed by atoms with E-state index in [1.165, 1.54) is 33.9 Å². The van der Waals surface area contributed by atoms with Crippen molar-refractivity contribution in [1.29, 1.82) is 0 Å². The first-order valence-corrected chi connectivity index (χ1v) is 8.31. The highest BCUT2D eigenvalue weighted by molar-refractivity contribution is 7.99. The Hall–Kier alpha value is -1.41. The van der Waals surface area contributed by atoms with Gasteiger partial charge in [0.2, 0.25) is 0 Å². The molecule has 2 heteroatoms. The molecular formula is C18H21NS. The molecule has 0 amide bonds. The number of thioether (sulfide) groups is 1. The van der Waals surface area contributed by atoms with Gasteiger partial charge in [0.15, 0.2) is 0 Å². The molecule has 0 bridgehead atoms. The predicted octanol–water partition coefficient (Wildman–Crippen LogP) is 5.46. The van der Waals surface area contributed by atoms with Crippen LogP contribution in [-0.2, 0) is 0 Å². The molecule has 0 radical (unpaired) electrons. The van der Waals surface area contributed by atoms with Gasteiger partial charge in [-0.2, -0.15) is 0 Å². The molecule has 0 saturated heterocycles. The molecule has 0 saturated carbocycles. The lowest BCUT2D eigenvalue weighted by atomic mass is 10.0. The number of nitrogens with one attached hydrogen (secondary N) is 1. The second kappa shape index (κ2) is 5.92. The third-order valence-electron chi connectivity index (χ3n) is 3.88. The van der Waals surface area contributed by atoms with E-state index in [2.05, 4.69) is 67.7 Å². The minimum Gasteiger partial charge on any atom is -0.378 e. The van der Waals surface area contributed by atoms with Crippen molar-refractivity contribution in [3.8, 4) is 0 Å². The van der Waals surface area contributed by atoms with Gasteiger partial charge in [0, 0.05) is 16.3 Å². The van der Waals surface area contributed by atoms with E-state index in [9.17, 15) is 0 Å². The minimum absolute atomic E-state index is 0.442. The van der Waals surface area contributed by atoms with Crippen LogP contribution in [-0.4, -0.2) is 5.75 Å². The Morgan fingerprint density at radius 3 is 2.55 bits per heavy atom. The smallest absolute Gasteiger partial charge is 0.0532 e.